The first kappa shape index (κ1) is 66.2. The van der Waals surface area contributed by atoms with Gasteiger partial charge in [0.05, 0.1) is 24.2 Å². The van der Waals surface area contributed by atoms with Gasteiger partial charge in [0, 0.05) is 75.8 Å². The van der Waals surface area contributed by atoms with Crippen LogP contribution in [0.1, 0.15) is 195 Å². The van der Waals surface area contributed by atoms with Crippen molar-refractivity contribution in [2.75, 3.05) is 39.3 Å². The fourth-order valence-corrected chi connectivity index (χ4v) is 12.8. The van der Waals surface area contributed by atoms with E-state index in [1.54, 1.807) is 60.7 Å². The number of hydrogen-bond acceptors (Lipinski definition) is 11. The Morgan fingerprint density at radius 1 is 0.581 bits per heavy atom. The molecule has 20 heteroatoms. The van der Waals surface area contributed by atoms with E-state index < -0.39 is 17.3 Å². The maximum absolute atomic E-state index is 14.6. The highest BCUT2D eigenvalue weighted by atomic mass is 35.5. The number of aromatic amines is 1. The minimum atomic E-state index is -0.972. The maximum atomic E-state index is 14.6. The van der Waals surface area contributed by atoms with Gasteiger partial charge in [0.1, 0.15) is 22.7 Å². The number of carbonyl (C=O) groups is 4. The lowest BCUT2D eigenvalue weighted by atomic mass is 9.85. The van der Waals surface area contributed by atoms with Crippen molar-refractivity contribution in [1.29, 1.82) is 0 Å². The second-order valence-corrected chi connectivity index (χ2v) is 30.3. The van der Waals surface area contributed by atoms with E-state index in [4.69, 9.17) is 56.4 Å². The summed E-state index contributed by atoms with van der Waals surface area (Å²) in [6, 6.07) is 24.3. The van der Waals surface area contributed by atoms with Gasteiger partial charge in [-0.25, -0.2) is 14.8 Å². The van der Waals surface area contributed by atoms with Crippen LogP contribution >= 0.6 is 46.4 Å². The molecule has 4 atom stereocenters. The highest BCUT2D eigenvalue weighted by molar-refractivity contribution is 6.48. The van der Waals surface area contributed by atoms with Crippen molar-refractivity contribution in [2.45, 2.75) is 164 Å². The Morgan fingerprint density at radius 2 is 0.965 bits per heavy atom. The van der Waals surface area contributed by atoms with Crippen LogP contribution in [0.15, 0.2) is 94.9 Å². The minimum Gasteiger partial charge on any atom is -0.478 e. The lowest BCUT2D eigenvalue weighted by molar-refractivity contribution is -0.132. The Kier molecular flexibility index (Phi) is 20.4. The van der Waals surface area contributed by atoms with Crippen LogP contribution in [0.3, 0.4) is 0 Å². The zero-order chi connectivity index (χ0) is 62.7. The molecule has 2 fully saturated rings. The molecule has 2 saturated heterocycles. The number of rotatable bonds is 18. The number of carbonyl (C=O) groups excluding carboxylic acids is 3. The van der Waals surface area contributed by atoms with Gasteiger partial charge in [0.25, 0.3) is 17.7 Å². The van der Waals surface area contributed by atoms with E-state index in [1.807, 2.05) is 34.1 Å². The van der Waals surface area contributed by atoms with Gasteiger partial charge in [-0.2, -0.15) is 5.21 Å². The molecule has 2 unspecified atom stereocenters. The lowest BCUT2D eigenvalue weighted by Crippen LogP contribution is -2.50. The molecule has 0 aliphatic carbocycles. The molecule has 3 amide bonds. The highest BCUT2D eigenvalue weighted by Gasteiger charge is 2.55. The van der Waals surface area contributed by atoms with Crippen molar-refractivity contribution < 1.29 is 24.3 Å². The molecule has 5 heterocycles. The molecular formula is C66H85Cl4N11O5. The Morgan fingerprint density at radius 3 is 1.31 bits per heavy atom. The van der Waals surface area contributed by atoms with E-state index in [1.165, 1.54) is 0 Å². The SMILES string of the molecule is CC(C)(C)CC[C@H](c1ccc(C(=O)NCc2nn[nH]n2)cc1)N1C(=O)C(c2cc(Cl)cc(Cl)c2)=NC12CCN(CCC(C)(C)C)C2.CC(C)(C)CC[C@H](c1ccc(C(=O)O)cc1)N1C(=O)C(c2cc(Cl)cc(Cl)c2)=NC12CCN(CCC(C)(C)C)C2. The first-order valence-corrected chi connectivity index (χ1v) is 31.4. The minimum absolute atomic E-state index is 0.0434. The molecule has 1 aromatic heterocycles. The molecule has 2 spiro atoms. The zero-order valence-electron chi connectivity index (χ0n) is 52.0. The van der Waals surface area contributed by atoms with Gasteiger partial charge < -0.3 is 20.2 Å². The summed E-state index contributed by atoms with van der Waals surface area (Å²) in [4.78, 5) is 72.8. The lowest BCUT2D eigenvalue weighted by Gasteiger charge is -2.40. The number of aromatic carboxylic acids is 1. The number of H-pyrrole nitrogens is 1. The summed E-state index contributed by atoms with van der Waals surface area (Å²) in [7, 11) is 0. The van der Waals surface area contributed by atoms with Crippen molar-refractivity contribution in [3.8, 4) is 0 Å². The third kappa shape index (κ3) is 16.9. The highest BCUT2D eigenvalue weighted by Crippen LogP contribution is 2.47. The van der Waals surface area contributed by atoms with E-state index in [2.05, 4.69) is 119 Å². The summed E-state index contributed by atoms with van der Waals surface area (Å²) in [5, 5.41) is 27.8. The van der Waals surface area contributed by atoms with Crippen molar-refractivity contribution in [1.82, 2.24) is 45.5 Å². The van der Waals surface area contributed by atoms with Crippen LogP contribution in [-0.4, -0.2) is 131 Å². The number of aliphatic imine (C=N–C) groups is 2. The van der Waals surface area contributed by atoms with Crippen LogP contribution in [0.25, 0.3) is 0 Å². The monoisotopic (exact) mass is 1250 g/mol. The average Bonchev–Trinajstić information content (AvgIpc) is 4.25. The Bertz CT molecular complexity index is 3270. The van der Waals surface area contributed by atoms with E-state index in [0.717, 1.165) is 88.7 Å². The van der Waals surface area contributed by atoms with Gasteiger partial charge in [-0.1, -0.05) is 159 Å². The number of likely N-dealkylation sites (tertiary alicyclic amines) is 2. The second-order valence-electron chi connectivity index (χ2n) is 28.5. The molecule has 0 saturated carbocycles. The number of nitrogens with one attached hydrogen (secondary N) is 2. The van der Waals surface area contributed by atoms with Crippen molar-refractivity contribution in [2.24, 2.45) is 31.6 Å². The second kappa shape index (κ2) is 26.5. The van der Waals surface area contributed by atoms with Crippen molar-refractivity contribution in [3.63, 3.8) is 0 Å². The smallest absolute Gasteiger partial charge is 0.335 e. The fourth-order valence-electron chi connectivity index (χ4n) is 11.7. The van der Waals surface area contributed by atoms with E-state index in [0.29, 0.717) is 67.1 Å². The topological polar surface area (TPSA) is 193 Å². The van der Waals surface area contributed by atoms with Crippen LogP contribution in [0.2, 0.25) is 20.1 Å². The molecular weight excluding hydrogens is 1170 g/mol. The quantitative estimate of drug-likeness (QED) is 0.0760. The predicted molar refractivity (Wildman–Crippen MR) is 343 cm³/mol. The number of aromatic nitrogens is 4. The fraction of sp³-hybridized carbons (Fsp3) is 0.530. The zero-order valence-corrected chi connectivity index (χ0v) is 55.0. The Balaban J connectivity index is 0.000000226. The van der Waals surface area contributed by atoms with E-state index in [9.17, 15) is 24.3 Å². The predicted octanol–water partition coefficient (Wildman–Crippen LogP) is 14.2. The number of benzene rings is 4. The molecule has 4 aliphatic heterocycles. The molecule has 86 heavy (non-hydrogen) atoms. The van der Waals surface area contributed by atoms with Crippen LogP contribution in [0.4, 0.5) is 0 Å². The Hall–Kier alpha value is -5.75. The Labute approximate surface area is 527 Å². The van der Waals surface area contributed by atoms with Crippen molar-refractivity contribution >= 4 is 81.5 Å². The number of nitrogens with zero attached hydrogens (tertiary/aromatic N) is 9. The largest absolute Gasteiger partial charge is 0.478 e. The number of hydrogen-bond donors (Lipinski definition) is 3. The molecule has 16 nitrogen and oxygen atoms in total. The summed E-state index contributed by atoms with van der Waals surface area (Å²) in [6.07, 6.45) is 6.76. The van der Waals surface area contributed by atoms with Gasteiger partial charge >= 0.3 is 5.97 Å². The van der Waals surface area contributed by atoms with E-state index in [-0.39, 0.29) is 63.6 Å². The van der Waals surface area contributed by atoms with Gasteiger partial charge in [-0.15, -0.1) is 10.2 Å². The van der Waals surface area contributed by atoms with Crippen LogP contribution in [-0.2, 0) is 16.1 Å². The summed E-state index contributed by atoms with van der Waals surface area (Å²) >= 11 is 25.5. The summed E-state index contributed by atoms with van der Waals surface area (Å²) in [5.74, 6) is -1.09. The molecule has 462 valence electrons. The van der Waals surface area contributed by atoms with Gasteiger partial charge in [0.2, 0.25) is 0 Å². The number of carboxylic acid groups (broad SMARTS) is 1. The summed E-state index contributed by atoms with van der Waals surface area (Å²) < 4.78 is 0. The van der Waals surface area contributed by atoms with Crippen LogP contribution in [0, 0.1) is 21.7 Å². The van der Waals surface area contributed by atoms with E-state index >= 15 is 0 Å². The number of amides is 3. The average molecular weight is 1250 g/mol. The molecule has 4 aliphatic rings. The number of tetrazole rings is 1. The van der Waals surface area contributed by atoms with Gasteiger partial charge in [0.15, 0.2) is 5.82 Å². The normalized spacial score (nSPS) is 20.2. The maximum Gasteiger partial charge on any atom is 0.335 e. The first-order valence-electron chi connectivity index (χ1n) is 29.9. The molecule has 0 radical (unpaired) electrons. The standard InChI is InChI=1S/C34H44Cl2N8O2.C32H41Cl2N3O3/c1-32(2,3)12-11-27(22-7-9-23(10-8-22)30(45)37-20-28-39-41-42-40-28)44-31(46)29(24-17-25(35)19-26(36)18-24)38-34(44)14-16-43(21-34)15-13-33(4,5)6;1-30(2,3)12-11-26(21-7-9-22(10-8-21)29(39)40)37-28(38)27(23-17-24(33)19-25(34)18-23)35-32(37)14-16-36(20-32)15-13-31(4,5)6/h7-10,17-19,27H,11-16,20-21H2,1-6H3,(H,37,45)(H,39,40,41,42);7-10,17-19,26H,11-16,20H2,1-6H3,(H,39,40)/t27-,34?;26-,32?/m11/s1. The molecule has 3 N–H and O–H groups in total. The molecule has 5 aromatic rings. The molecule has 0 bridgehead atoms. The van der Waals surface area contributed by atoms with Gasteiger partial charge in [-0.3, -0.25) is 24.2 Å². The third-order valence-corrected chi connectivity index (χ3v) is 17.3. The summed E-state index contributed by atoms with van der Waals surface area (Å²) in [6.45, 7) is 31.7. The number of carboxylic acids is 1. The van der Waals surface area contributed by atoms with Crippen LogP contribution in [0.5, 0.6) is 0 Å². The third-order valence-electron chi connectivity index (χ3n) is 16.5. The first-order chi connectivity index (χ1) is 40.2. The number of halogens is 4. The molecule has 4 aromatic carbocycles. The molecule has 9 rings (SSSR count). The van der Waals surface area contributed by atoms with Gasteiger partial charge in [-0.05, 0) is 145 Å². The van der Waals surface area contributed by atoms with Crippen molar-refractivity contribution in [3.05, 3.63) is 144 Å². The summed E-state index contributed by atoms with van der Waals surface area (Å²) in [5.41, 5.74) is 3.64. The van der Waals surface area contributed by atoms with Crippen LogP contribution < -0.4 is 5.32 Å².